The van der Waals surface area contributed by atoms with Gasteiger partial charge in [0.2, 0.25) is 0 Å². The molecule has 108 valence electrons. The van der Waals surface area contributed by atoms with Gasteiger partial charge in [-0.05, 0) is 32.1 Å². The minimum Gasteiger partial charge on any atom is -0.389 e. The smallest absolute Gasteiger partial charge is 0.138 e. The van der Waals surface area contributed by atoms with Crippen molar-refractivity contribution in [2.24, 2.45) is 5.92 Å². The summed E-state index contributed by atoms with van der Waals surface area (Å²) in [6, 6.07) is 0. The van der Waals surface area contributed by atoms with E-state index in [2.05, 4.69) is 23.9 Å². The zero-order valence-electron chi connectivity index (χ0n) is 12.3. The molecule has 1 saturated carbocycles. The van der Waals surface area contributed by atoms with Gasteiger partial charge in [0.25, 0.3) is 0 Å². The largest absolute Gasteiger partial charge is 0.389 e. The molecule has 0 spiro atoms. The van der Waals surface area contributed by atoms with Gasteiger partial charge in [-0.15, -0.1) is 0 Å². The Morgan fingerprint density at radius 2 is 2.21 bits per heavy atom. The summed E-state index contributed by atoms with van der Waals surface area (Å²) in [4.78, 5) is 4.30. The van der Waals surface area contributed by atoms with Crippen LogP contribution in [0, 0.1) is 5.92 Å². The number of rotatable bonds is 5. The van der Waals surface area contributed by atoms with E-state index in [4.69, 9.17) is 0 Å². The van der Waals surface area contributed by atoms with Crippen LogP contribution < -0.4 is 0 Å². The fraction of sp³-hybridized carbons (Fsp3) is 0.867. The Bertz CT molecular complexity index is 390. The predicted octanol–water partition coefficient (Wildman–Crippen LogP) is 2.95. The quantitative estimate of drug-likeness (QED) is 0.833. The second-order valence-electron chi connectivity index (χ2n) is 5.98. The van der Waals surface area contributed by atoms with Gasteiger partial charge in [-0.3, -0.25) is 4.68 Å². The van der Waals surface area contributed by atoms with Gasteiger partial charge in [-0.25, -0.2) is 4.98 Å². The van der Waals surface area contributed by atoms with E-state index in [1.165, 1.54) is 19.3 Å². The van der Waals surface area contributed by atoms with Gasteiger partial charge < -0.3 is 5.11 Å². The maximum Gasteiger partial charge on any atom is 0.138 e. The molecule has 2 unspecified atom stereocenters. The van der Waals surface area contributed by atoms with Crippen LogP contribution in [0.4, 0.5) is 0 Å². The summed E-state index contributed by atoms with van der Waals surface area (Å²) in [6.45, 7) is 5.14. The number of hydrogen-bond acceptors (Lipinski definition) is 3. The normalized spacial score (nSPS) is 28.3. The van der Waals surface area contributed by atoms with E-state index < -0.39 is 5.60 Å². The Balaban J connectivity index is 1.98. The molecule has 0 bridgehead atoms. The van der Waals surface area contributed by atoms with Crippen LogP contribution in [0.2, 0.25) is 0 Å². The van der Waals surface area contributed by atoms with Crippen LogP contribution >= 0.6 is 0 Å². The Labute approximate surface area is 116 Å². The Morgan fingerprint density at radius 3 is 2.95 bits per heavy atom. The molecule has 1 aliphatic rings. The fourth-order valence-electron chi connectivity index (χ4n) is 3.32. The van der Waals surface area contributed by atoms with Gasteiger partial charge in [-0.2, -0.15) is 5.10 Å². The van der Waals surface area contributed by atoms with Gasteiger partial charge >= 0.3 is 0 Å². The van der Waals surface area contributed by atoms with Crippen LogP contribution in [0.15, 0.2) is 6.33 Å². The first-order valence-corrected chi connectivity index (χ1v) is 7.76. The van der Waals surface area contributed by atoms with Crippen LogP contribution in [-0.2, 0) is 13.0 Å². The molecule has 0 aliphatic heterocycles. The van der Waals surface area contributed by atoms with E-state index in [1.54, 1.807) is 6.33 Å². The van der Waals surface area contributed by atoms with Crippen molar-refractivity contribution in [1.82, 2.24) is 14.8 Å². The molecule has 4 heteroatoms. The molecule has 0 aromatic carbocycles. The highest BCUT2D eigenvalue weighted by Crippen LogP contribution is 2.34. The first-order valence-electron chi connectivity index (χ1n) is 7.76. The van der Waals surface area contributed by atoms with Crippen molar-refractivity contribution < 1.29 is 5.11 Å². The first-order chi connectivity index (χ1) is 9.17. The number of aliphatic hydroxyl groups is 1. The number of hydrogen-bond donors (Lipinski definition) is 1. The minimum atomic E-state index is -0.567. The topological polar surface area (TPSA) is 50.9 Å². The van der Waals surface area contributed by atoms with Crippen LogP contribution in [0.1, 0.15) is 64.6 Å². The zero-order valence-corrected chi connectivity index (χ0v) is 12.3. The average Bonchev–Trinajstić information content (AvgIpc) is 2.74. The third kappa shape index (κ3) is 3.78. The van der Waals surface area contributed by atoms with Crippen molar-refractivity contribution in [2.45, 2.75) is 77.4 Å². The molecule has 19 heavy (non-hydrogen) atoms. The van der Waals surface area contributed by atoms with Gasteiger partial charge in [-0.1, -0.05) is 32.6 Å². The van der Waals surface area contributed by atoms with Crippen LogP contribution in [0.25, 0.3) is 0 Å². The molecule has 1 aromatic heterocycles. The molecule has 4 nitrogen and oxygen atoms in total. The van der Waals surface area contributed by atoms with Gasteiger partial charge in [0, 0.05) is 13.0 Å². The summed E-state index contributed by atoms with van der Waals surface area (Å²) in [5.74, 6) is 1.74. The highest BCUT2D eigenvalue weighted by molar-refractivity contribution is 4.96. The molecule has 1 aromatic rings. The molecule has 0 radical (unpaired) electrons. The summed E-state index contributed by atoms with van der Waals surface area (Å²) in [5.41, 5.74) is -0.567. The second kappa shape index (κ2) is 6.51. The Hall–Kier alpha value is -0.900. The summed E-state index contributed by atoms with van der Waals surface area (Å²) in [5, 5.41) is 15.0. The third-order valence-electron chi connectivity index (χ3n) is 4.45. The fourth-order valence-corrected chi connectivity index (χ4v) is 3.32. The van der Waals surface area contributed by atoms with E-state index >= 15 is 0 Å². The Morgan fingerprint density at radius 1 is 1.37 bits per heavy atom. The average molecular weight is 265 g/mol. The van der Waals surface area contributed by atoms with Crippen molar-refractivity contribution in [1.29, 1.82) is 0 Å². The SMILES string of the molecule is CCCC1CCCC(O)(Cc2ncnn2CC)CC1. The van der Waals surface area contributed by atoms with Crippen LogP contribution in [0.3, 0.4) is 0 Å². The highest BCUT2D eigenvalue weighted by Gasteiger charge is 2.32. The summed E-state index contributed by atoms with van der Waals surface area (Å²) in [7, 11) is 0. The lowest BCUT2D eigenvalue weighted by Crippen LogP contribution is -2.32. The monoisotopic (exact) mass is 265 g/mol. The minimum absolute atomic E-state index is 0.567. The van der Waals surface area contributed by atoms with Crippen molar-refractivity contribution in [2.75, 3.05) is 0 Å². The molecule has 0 saturated heterocycles. The molecule has 0 amide bonds. The molecule has 2 atom stereocenters. The number of nitrogens with zero attached hydrogens (tertiary/aromatic N) is 3. The molecule has 1 N–H and O–H groups in total. The van der Waals surface area contributed by atoms with Crippen LogP contribution in [0.5, 0.6) is 0 Å². The van der Waals surface area contributed by atoms with Gasteiger partial charge in [0.1, 0.15) is 12.2 Å². The highest BCUT2D eigenvalue weighted by atomic mass is 16.3. The lowest BCUT2D eigenvalue weighted by molar-refractivity contribution is 0.0213. The summed E-state index contributed by atoms with van der Waals surface area (Å²) >= 11 is 0. The number of aryl methyl sites for hydroxylation is 1. The lowest BCUT2D eigenvalue weighted by atomic mass is 9.89. The summed E-state index contributed by atoms with van der Waals surface area (Å²) in [6.07, 6.45) is 10.2. The number of aromatic nitrogens is 3. The molecule has 1 aliphatic carbocycles. The van der Waals surface area contributed by atoms with Gasteiger partial charge in [0.15, 0.2) is 0 Å². The van der Waals surface area contributed by atoms with Crippen molar-refractivity contribution in [3.63, 3.8) is 0 Å². The first kappa shape index (κ1) is 14.5. The zero-order chi connectivity index (χ0) is 13.7. The summed E-state index contributed by atoms with van der Waals surface area (Å²) < 4.78 is 1.90. The standard InChI is InChI=1S/C15H27N3O/c1-3-6-13-7-5-9-15(19,10-8-13)11-14-16-12-17-18(14)4-2/h12-13,19H,3-11H2,1-2H3. The third-order valence-corrected chi connectivity index (χ3v) is 4.45. The van der Waals surface area contributed by atoms with E-state index in [-0.39, 0.29) is 0 Å². The van der Waals surface area contributed by atoms with Gasteiger partial charge in [0.05, 0.1) is 5.60 Å². The maximum atomic E-state index is 10.8. The molecular formula is C15H27N3O. The molecule has 1 heterocycles. The van der Waals surface area contributed by atoms with Crippen LogP contribution in [-0.4, -0.2) is 25.5 Å². The van der Waals surface area contributed by atoms with E-state index in [1.807, 2.05) is 4.68 Å². The molecule has 2 rings (SSSR count). The predicted molar refractivity (Wildman–Crippen MR) is 75.8 cm³/mol. The Kier molecular flexibility index (Phi) is 4.97. The van der Waals surface area contributed by atoms with E-state index in [0.29, 0.717) is 6.42 Å². The van der Waals surface area contributed by atoms with E-state index in [9.17, 15) is 5.11 Å². The van der Waals surface area contributed by atoms with Crippen molar-refractivity contribution in [3.8, 4) is 0 Å². The molecule has 1 fully saturated rings. The van der Waals surface area contributed by atoms with E-state index in [0.717, 1.165) is 44.0 Å². The van der Waals surface area contributed by atoms with Crippen molar-refractivity contribution >= 4 is 0 Å². The molecular weight excluding hydrogens is 238 g/mol. The second-order valence-corrected chi connectivity index (χ2v) is 5.98. The van der Waals surface area contributed by atoms with Crippen molar-refractivity contribution in [3.05, 3.63) is 12.2 Å². The maximum absolute atomic E-state index is 10.8. The lowest BCUT2D eigenvalue weighted by Gasteiger charge is -2.26.